The second kappa shape index (κ2) is 18.7. The van der Waals surface area contributed by atoms with Crippen LogP contribution in [0.5, 0.6) is 0 Å². The average Bonchev–Trinajstić information content (AvgIpc) is 4.32. The minimum absolute atomic E-state index is 0.0266. The van der Waals surface area contributed by atoms with Gasteiger partial charge in [0.2, 0.25) is 0 Å². The van der Waals surface area contributed by atoms with Gasteiger partial charge >= 0.3 is 5.97 Å². The third kappa shape index (κ3) is 8.38. The van der Waals surface area contributed by atoms with E-state index in [1.807, 2.05) is 13.8 Å². The lowest BCUT2D eigenvalue weighted by Gasteiger charge is -2.54. The fraction of sp³-hybridized carbons (Fsp3) is 0.915. The highest BCUT2D eigenvalue weighted by Gasteiger charge is 2.77. The fourth-order valence-corrected chi connectivity index (χ4v) is 18.1. The van der Waals surface area contributed by atoms with Crippen molar-refractivity contribution in [3.05, 3.63) is 24.3 Å². The lowest BCUT2D eigenvalue weighted by Crippen LogP contribution is -2.63. The summed E-state index contributed by atoms with van der Waals surface area (Å²) in [4.78, 5) is 14.6. The second-order valence-electron chi connectivity index (χ2n) is 27.3. The molecule has 16 saturated heterocycles. The van der Waals surface area contributed by atoms with Gasteiger partial charge in [-0.15, -0.1) is 0 Å². The molecule has 3 spiro atoms. The summed E-state index contributed by atoms with van der Waals surface area (Å²) in [5.74, 6) is -3.11. The molecular weight excluding hydrogens is 997 g/mol. The summed E-state index contributed by atoms with van der Waals surface area (Å²) in [6, 6.07) is 0. The van der Waals surface area contributed by atoms with Crippen LogP contribution in [0.4, 0.5) is 0 Å². The maximum absolute atomic E-state index is 14.6. The van der Waals surface area contributed by atoms with Gasteiger partial charge < -0.3 is 81.3 Å². The highest BCUT2D eigenvalue weighted by atomic mass is 16.8. The van der Waals surface area contributed by atoms with Crippen LogP contribution >= 0.6 is 0 Å². The zero-order valence-corrected chi connectivity index (χ0v) is 45.8. The summed E-state index contributed by atoms with van der Waals surface area (Å²) in [5, 5.41) is 22.9. The largest absolute Gasteiger partial charge is 0.459 e. The van der Waals surface area contributed by atoms with Crippen LogP contribution in [0.1, 0.15) is 144 Å². The van der Waals surface area contributed by atoms with Crippen LogP contribution in [0.2, 0.25) is 0 Å². The Bertz CT molecular complexity index is 2340. The zero-order valence-electron chi connectivity index (χ0n) is 45.8. The van der Waals surface area contributed by atoms with Crippen molar-refractivity contribution in [1.82, 2.24) is 0 Å². The van der Waals surface area contributed by atoms with E-state index >= 15 is 0 Å². The number of aliphatic hydroxyl groups is 2. The Kier molecular flexibility index (Phi) is 12.6. The van der Waals surface area contributed by atoms with Crippen molar-refractivity contribution in [1.29, 1.82) is 0 Å². The van der Waals surface area contributed by atoms with Crippen molar-refractivity contribution in [2.75, 3.05) is 0 Å². The third-order valence-corrected chi connectivity index (χ3v) is 22.0. The van der Waals surface area contributed by atoms with E-state index in [4.69, 9.17) is 71.1 Å². The van der Waals surface area contributed by atoms with E-state index in [2.05, 4.69) is 40.9 Å². The first kappa shape index (κ1) is 52.1. The van der Waals surface area contributed by atoms with Gasteiger partial charge in [-0.2, -0.15) is 0 Å². The number of carbonyl (C=O) groups is 1. The first-order valence-corrected chi connectivity index (χ1v) is 30.1. The topological polar surface area (TPSA) is 196 Å². The smallest absolute Gasteiger partial charge is 0.308 e. The van der Waals surface area contributed by atoms with E-state index in [0.29, 0.717) is 70.6 Å². The van der Waals surface area contributed by atoms with E-state index in [1.165, 1.54) is 0 Å². The van der Waals surface area contributed by atoms with Crippen molar-refractivity contribution in [2.45, 2.75) is 314 Å². The van der Waals surface area contributed by atoms with Gasteiger partial charge in [-0.3, -0.25) is 4.79 Å². The first-order valence-electron chi connectivity index (χ1n) is 30.1. The van der Waals surface area contributed by atoms with Crippen LogP contribution in [0.3, 0.4) is 0 Å². The Labute approximate surface area is 452 Å². The highest BCUT2D eigenvalue weighted by molar-refractivity contribution is 5.70. The number of carbonyl (C=O) groups excluding carboxylic acids is 1. The molecule has 428 valence electrons. The SMILES string of the molecule is C=C1CC2CCC34OC5C6OC(CCC6OC6C5OC(C)(C6O3)C4O)CC(=O)OC3C(CC4OC(CCC1O2)CC(C)C4=C)OC1CC2OC4(CC2OC1C3C)CC1OC2(CC(C)C3OC(C)C(O)CC3O2)CC(C)C1O4. The molecule has 16 aliphatic heterocycles. The number of esters is 1. The summed E-state index contributed by atoms with van der Waals surface area (Å²) < 4.78 is 103. The standard InChI is InChI=1S/C59H84O18/c1-25-15-32-9-11-36-26(2)16-34(64-36)13-14-59-55(62)56(8)54(77-59)53-52(74-56)51(76-59)50-37(68-53)12-10-33(66-50)17-45(61)70-49-30(6)48-41(67-40(49)19-38(65-32)29(25)5)20-39-43(69-48)23-58(71-39)24-44-47(75-58)28(4)22-57(73-44)21-27(3)46-42(72-57)18-35(60)31(7)63-46/h25,27-28,30-44,46-55,60,62H,2,5,9-24H2,1,3-4,6-8H3. The monoisotopic (exact) mass is 1080 g/mol. The summed E-state index contributed by atoms with van der Waals surface area (Å²) in [6.45, 7) is 21.7. The minimum Gasteiger partial charge on any atom is -0.459 e. The molecule has 18 nitrogen and oxygen atoms in total. The molecule has 16 heterocycles. The number of aliphatic hydroxyl groups excluding tert-OH is 2. The van der Waals surface area contributed by atoms with Crippen molar-refractivity contribution in [3.8, 4) is 0 Å². The maximum Gasteiger partial charge on any atom is 0.308 e. The summed E-state index contributed by atoms with van der Waals surface area (Å²) in [7, 11) is 0. The van der Waals surface area contributed by atoms with E-state index in [9.17, 15) is 15.0 Å². The highest BCUT2D eigenvalue weighted by Crippen LogP contribution is 2.60. The third-order valence-electron chi connectivity index (χ3n) is 22.0. The Hall–Kier alpha value is -1.69. The van der Waals surface area contributed by atoms with Crippen molar-refractivity contribution in [2.24, 2.45) is 23.7 Å². The van der Waals surface area contributed by atoms with Crippen LogP contribution in [0.15, 0.2) is 24.3 Å². The molecule has 16 aliphatic rings. The Balaban J connectivity index is 0.678. The molecule has 16 rings (SSSR count). The molecule has 32 unspecified atom stereocenters. The summed E-state index contributed by atoms with van der Waals surface area (Å²) in [6.07, 6.45) is 0.462. The molecule has 0 amide bonds. The second-order valence-corrected chi connectivity index (χ2v) is 27.3. The number of fused-ring (bicyclic) bond motifs is 10. The van der Waals surface area contributed by atoms with Gasteiger partial charge in [0.1, 0.15) is 48.3 Å². The number of hydrogen-bond acceptors (Lipinski definition) is 18. The number of rotatable bonds is 0. The molecule has 18 heteroatoms. The normalized spacial score (nSPS) is 60.6. The van der Waals surface area contributed by atoms with E-state index < -0.39 is 84.0 Å². The average molecular weight is 1080 g/mol. The van der Waals surface area contributed by atoms with Crippen LogP contribution in [0.25, 0.3) is 0 Å². The number of hydrogen-bond donors (Lipinski definition) is 2. The Morgan fingerprint density at radius 2 is 1.21 bits per heavy atom. The molecule has 32 atom stereocenters. The maximum atomic E-state index is 14.6. The molecule has 0 saturated carbocycles. The minimum atomic E-state index is -1.34. The molecule has 0 aromatic carbocycles. The van der Waals surface area contributed by atoms with Gasteiger partial charge in [-0.25, -0.2) is 0 Å². The zero-order chi connectivity index (χ0) is 52.8. The molecule has 0 aromatic heterocycles. The van der Waals surface area contributed by atoms with E-state index in [1.54, 1.807) is 0 Å². The summed E-state index contributed by atoms with van der Waals surface area (Å²) >= 11 is 0. The van der Waals surface area contributed by atoms with Gasteiger partial charge in [0.05, 0.1) is 110 Å². The van der Waals surface area contributed by atoms with E-state index in [0.717, 1.165) is 36.8 Å². The molecule has 12 bridgehead atoms. The molecule has 77 heavy (non-hydrogen) atoms. The van der Waals surface area contributed by atoms with Crippen molar-refractivity contribution >= 4 is 5.97 Å². The Morgan fingerprint density at radius 3 is 2.05 bits per heavy atom. The fourth-order valence-electron chi connectivity index (χ4n) is 18.1. The number of ether oxygens (including phenoxy) is 15. The molecule has 0 radical (unpaired) electrons. The van der Waals surface area contributed by atoms with E-state index in [-0.39, 0.29) is 122 Å². The van der Waals surface area contributed by atoms with Crippen LogP contribution < -0.4 is 0 Å². The predicted octanol–water partition coefficient (Wildman–Crippen LogP) is 5.56. The lowest BCUT2D eigenvalue weighted by molar-refractivity contribution is -0.370. The van der Waals surface area contributed by atoms with Crippen molar-refractivity contribution < 1.29 is 86.1 Å². The van der Waals surface area contributed by atoms with Crippen molar-refractivity contribution in [3.63, 3.8) is 0 Å². The van der Waals surface area contributed by atoms with Crippen LogP contribution in [-0.4, -0.2) is 186 Å². The molecule has 0 aliphatic carbocycles. The first-order chi connectivity index (χ1) is 36.8. The van der Waals surface area contributed by atoms with Gasteiger partial charge in [0, 0.05) is 57.3 Å². The predicted molar refractivity (Wildman–Crippen MR) is 268 cm³/mol. The van der Waals surface area contributed by atoms with Gasteiger partial charge in [-0.1, -0.05) is 40.9 Å². The lowest BCUT2D eigenvalue weighted by atomic mass is 9.78. The van der Waals surface area contributed by atoms with Crippen LogP contribution in [0, 0.1) is 23.7 Å². The van der Waals surface area contributed by atoms with Gasteiger partial charge in [0.15, 0.2) is 17.4 Å². The molecule has 0 aromatic rings. The quantitative estimate of drug-likeness (QED) is 0.226. The van der Waals surface area contributed by atoms with Gasteiger partial charge in [0.25, 0.3) is 0 Å². The van der Waals surface area contributed by atoms with Crippen LogP contribution in [-0.2, 0) is 75.8 Å². The Morgan fingerprint density at radius 1 is 0.506 bits per heavy atom. The molecule has 2 N–H and O–H groups in total. The molecular formula is C59H84O18. The molecule has 16 fully saturated rings. The summed E-state index contributed by atoms with van der Waals surface area (Å²) in [5.41, 5.74) is 1.06. The van der Waals surface area contributed by atoms with Gasteiger partial charge in [-0.05, 0) is 87.7 Å².